The van der Waals surface area contributed by atoms with Gasteiger partial charge in [0.2, 0.25) is 15.9 Å². The first-order valence-corrected chi connectivity index (χ1v) is 10.7. The van der Waals surface area contributed by atoms with Crippen LogP contribution < -0.4 is 5.32 Å². The minimum absolute atomic E-state index is 0.0837. The zero-order chi connectivity index (χ0) is 21.0. The van der Waals surface area contributed by atoms with Crippen LogP contribution in [0.5, 0.6) is 0 Å². The van der Waals surface area contributed by atoms with E-state index in [1.807, 2.05) is 6.92 Å². The van der Waals surface area contributed by atoms with Gasteiger partial charge in [0.1, 0.15) is 15.8 Å². The molecule has 0 fully saturated rings. The number of hydrogen-bond donors (Lipinski definition) is 1. The van der Waals surface area contributed by atoms with Gasteiger partial charge in [-0.25, -0.2) is 13.4 Å². The fourth-order valence-corrected chi connectivity index (χ4v) is 4.10. The Bertz CT molecular complexity index is 1100. The molecule has 29 heavy (non-hydrogen) atoms. The molecule has 1 aromatic carbocycles. The zero-order valence-electron chi connectivity index (χ0n) is 15.3. The Morgan fingerprint density at radius 1 is 1.21 bits per heavy atom. The second-order valence-corrected chi connectivity index (χ2v) is 8.91. The first kappa shape index (κ1) is 21.3. The van der Waals surface area contributed by atoms with Gasteiger partial charge in [0.05, 0.1) is 19.4 Å². The Morgan fingerprint density at radius 2 is 2.00 bits per heavy atom. The van der Waals surface area contributed by atoms with Crippen LogP contribution in [0.1, 0.15) is 11.3 Å². The number of carbonyl (C=O) groups is 1. The Labute approximate surface area is 178 Å². The standard InChI is InChI=1S/C19H17Cl2N3O4S/c1-13-4-5-14(9-17(13)20)23-19(25)12-24(11-15-3-2-8-28-15)29(26,27)16-6-7-18(21)22-10-16/h2-10H,11-12H2,1H3,(H,23,25). The van der Waals surface area contributed by atoms with Crippen molar-refractivity contribution in [2.75, 3.05) is 11.9 Å². The lowest BCUT2D eigenvalue weighted by atomic mass is 10.2. The van der Waals surface area contributed by atoms with Crippen molar-refractivity contribution in [1.82, 2.24) is 9.29 Å². The number of hydrogen-bond acceptors (Lipinski definition) is 5. The van der Waals surface area contributed by atoms with E-state index in [2.05, 4.69) is 10.3 Å². The van der Waals surface area contributed by atoms with E-state index in [1.54, 1.807) is 30.3 Å². The molecule has 0 bridgehead atoms. The molecule has 152 valence electrons. The molecular formula is C19H17Cl2N3O4S. The van der Waals surface area contributed by atoms with Crippen LogP contribution in [0.2, 0.25) is 10.2 Å². The largest absolute Gasteiger partial charge is 0.468 e. The molecule has 0 atom stereocenters. The number of amides is 1. The summed E-state index contributed by atoms with van der Waals surface area (Å²) in [6, 6.07) is 11.0. The van der Waals surface area contributed by atoms with Gasteiger partial charge in [-0.3, -0.25) is 4.79 Å². The van der Waals surface area contributed by atoms with Crippen molar-refractivity contribution < 1.29 is 17.6 Å². The van der Waals surface area contributed by atoms with Gasteiger partial charge in [-0.2, -0.15) is 4.31 Å². The van der Waals surface area contributed by atoms with Gasteiger partial charge in [-0.05, 0) is 48.9 Å². The smallest absolute Gasteiger partial charge is 0.245 e. The number of sulfonamides is 1. The highest BCUT2D eigenvalue weighted by Crippen LogP contribution is 2.22. The summed E-state index contributed by atoms with van der Waals surface area (Å²) in [4.78, 5) is 16.3. The fourth-order valence-electron chi connectivity index (χ4n) is 2.50. The van der Waals surface area contributed by atoms with E-state index < -0.39 is 22.5 Å². The molecule has 0 saturated heterocycles. The van der Waals surface area contributed by atoms with Crippen LogP contribution in [0.15, 0.2) is 64.2 Å². The number of nitrogens with one attached hydrogen (secondary N) is 1. The van der Waals surface area contributed by atoms with Crippen molar-refractivity contribution in [2.45, 2.75) is 18.4 Å². The van der Waals surface area contributed by atoms with Crippen LogP contribution in [0, 0.1) is 6.92 Å². The van der Waals surface area contributed by atoms with Crippen LogP contribution in [0.25, 0.3) is 0 Å². The molecule has 0 aliphatic carbocycles. The summed E-state index contributed by atoms with van der Waals surface area (Å²) in [6.07, 6.45) is 2.57. The first-order chi connectivity index (χ1) is 13.8. The molecule has 2 aromatic heterocycles. The van der Waals surface area contributed by atoms with Crippen molar-refractivity contribution in [3.05, 3.63) is 76.4 Å². The number of nitrogens with zero attached hydrogens (tertiary/aromatic N) is 2. The fraction of sp³-hybridized carbons (Fsp3) is 0.158. The Balaban J connectivity index is 1.83. The average Bonchev–Trinajstić information content (AvgIpc) is 3.18. The Kier molecular flexibility index (Phi) is 6.59. The van der Waals surface area contributed by atoms with Gasteiger partial charge in [-0.1, -0.05) is 29.3 Å². The van der Waals surface area contributed by atoms with Crippen LogP contribution >= 0.6 is 23.2 Å². The molecule has 2 heterocycles. The van der Waals surface area contributed by atoms with Crippen molar-refractivity contribution in [3.63, 3.8) is 0 Å². The van der Waals surface area contributed by atoms with Gasteiger partial charge in [0.25, 0.3) is 0 Å². The number of carbonyl (C=O) groups excluding carboxylic acids is 1. The van der Waals surface area contributed by atoms with Gasteiger partial charge < -0.3 is 9.73 Å². The number of rotatable bonds is 7. The van der Waals surface area contributed by atoms with Crippen molar-refractivity contribution >= 4 is 44.8 Å². The predicted octanol–water partition coefficient (Wildman–Crippen LogP) is 4.12. The third-order valence-electron chi connectivity index (χ3n) is 4.03. The highest BCUT2D eigenvalue weighted by Gasteiger charge is 2.28. The summed E-state index contributed by atoms with van der Waals surface area (Å²) in [7, 11) is -4.03. The maximum Gasteiger partial charge on any atom is 0.245 e. The van der Waals surface area contributed by atoms with Crippen molar-refractivity contribution in [3.8, 4) is 0 Å². The molecule has 0 aliphatic heterocycles. The lowest BCUT2D eigenvalue weighted by Crippen LogP contribution is -2.37. The first-order valence-electron chi connectivity index (χ1n) is 8.46. The quantitative estimate of drug-likeness (QED) is 0.543. The topological polar surface area (TPSA) is 92.5 Å². The molecule has 10 heteroatoms. The number of halogens is 2. The second kappa shape index (κ2) is 8.96. The van der Waals surface area contributed by atoms with Gasteiger partial charge in [-0.15, -0.1) is 0 Å². The maximum atomic E-state index is 13.1. The molecule has 0 unspecified atom stereocenters. The third-order valence-corrected chi connectivity index (χ3v) is 6.43. The number of pyridine rings is 1. The van der Waals surface area contributed by atoms with E-state index in [0.29, 0.717) is 16.5 Å². The summed E-state index contributed by atoms with van der Waals surface area (Å²) in [5.41, 5.74) is 1.33. The second-order valence-electron chi connectivity index (χ2n) is 6.18. The van der Waals surface area contributed by atoms with E-state index in [9.17, 15) is 13.2 Å². The van der Waals surface area contributed by atoms with Crippen molar-refractivity contribution in [1.29, 1.82) is 0 Å². The predicted molar refractivity (Wildman–Crippen MR) is 110 cm³/mol. The zero-order valence-corrected chi connectivity index (χ0v) is 17.6. The molecule has 1 N–H and O–H groups in total. The highest BCUT2D eigenvalue weighted by atomic mass is 35.5. The summed E-state index contributed by atoms with van der Waals surface area (Å²) in [5, 5.41) is 3.31. The highest BCUT2D eigenvalue weighted by molar-refractivity contribution is 7.89. The molecule has 0 spiro atoms. The summed E-state index contributed by atoms with van der Waals surface area (Å²) >= 11 is 11.8. The number of aryl methyl sites for hydroxylation is 1. The van der Waals surface area contributed by atoms with Gasteiger partial charge in [0, 0.05) is 16.9 Å². The van der Waals surface area contributed by atoms with E-state index in [-0.39, 0.29) is 16.6 Å². The number of benzene rings is 1. The van der Waals surface area contributed by atoms with Gasteiger partial charge in [0.15, 0.2) is 0 Å². The molecule has 7 nitrogen and oxygen atoms in total. The SMILES string of the molecule is Cc1ccc(NC(=O)CN(Cc2ccco2)S(=O)(=O)c2ccc(Cl)nc2)cc1Cl. The van der Waals surface area contributed by atoms with E-state index >= 15 is 0 Å². The monoisotopic (exact) mass is 453 g/mol. The van der Waals surface area contributed by atoms with Crippen LogP contribution in [-0.4, -0.2) is 30.2 Å². The van der Waals surface area contributed by atoms with E-state index in [4.69, 9.17) is 27.6 Å². The molecule has 3 aromatic rings. The number of anilines is 1. The van der Waals surface area contributed by atoms with Crippen molar-refractivity contribution in [2.24, 2.45) is 0 Å². The third kappa shape index (κ3) is 5.36. The minimum Gasteiger partial charge on any atom is -0.468 e. The van der Waals surface area contributed by atoms with E-state index in [1.165, 1.54) is 18.4 Å². The van der Waals surface area contributed by atoms with Crippen LogP contribution in [0.4, 0.5) is 5.69 Å². The lowest BCUT2D eigenvalue weighted by Gasteiger charge is -2.21. The number of furan rings is 1. The lowest BCUT2D eigenvalue weighted by molar-refractivity contribution is -0.116. The molecule has 0 radical (unpaired) electrons. The summed E-state index contributed by atoms with van der Waals surface area (Å²) < 4.78 is 32.4. The Hall–Kier alpha value is -2.39. The van der Waals surface area contributed by atoms with E-state index in [0.717, 1.165) is 16.1 Å². The molecule has 1 amide bonds. The average molecular weight is 454 g/mol. The van der Waals surface area contributed by atoms with Crippen LogP contribution in [-0.2, 0) is 21.4 Å². The molecule has 3 rings (SSSR count). The minimum atomic E-state index is -4.03. The normalized spacial score (nSPS) is 11.6. The van der Waals surface area contributed by atoms with Crippen LogP contribution in [0.3, 0.4) is 0 Å². The number of aromatic nitrogens is 1. The van der Waals surface area contributed by atoms with Gasteiger partial charge >= 0.3 is 0 Å². The Morgan fingerprint density at radius 3 is 2.62 bits per heavy atom. The maximum absolute atomic E-state index is 13.1. The summed E-state index contributed by atoms with van der Waals surface area (Å²) in [6.45, 7) is 1.28. The molecule has 0 saturated carbocycles. The molecule has 0 aliphatic rings. The molecular weight excluding hydrogens is 437 g/mol. The summed E-state index contributed by atoms with van der Waals surface area (Å²) in [5.74, 6) is -0.136.